The fourth-order valence-electron chi connectivity index (χ4n) is 7.53. The monoisotopic (exact) mass is 322 g/mol. The molecule has 5 rings (SSSR count). The van der Waals surface area contributed by atoms with Crippen molar-refractivity contribution in [3.05, 3.63) is 0 Å². The number of rotatable bonds is 0. The van der Waals surface area contributed by atoms with E-state index in [2.05, 4.69) is 6.92 Å². The van der Waals surface area contributed by atoms with Crippen molar-refractivity contribution in [2.75, 3.05) is 6.61 Å². The molecule has 0 amide bonds. The second-order valence-electron chi connectivity index (χ2n) is 9.12. The van der Waals surface area contributed by atoms with Crippen molar-refractivity contribution in [1.82, 2.24) is 0 Å². The highest BCUT2D eigenvalue weighted by Gasteiger charge is 2.65. The van der Waals surface area contributed by atoms with Crippen molar-refractivity contribution in [2.45, 2.75) is 76.7 Å². The zero-order chi connectivity index (χ0) is 14.8. The molecule has 0 aromatic rings. The maximum absolute atomic E-state index is 6.15. The number of fused-ring (bicyclic) bond motifs is 6. The van der Waals surface area contributed by atoms with Crippen LogP contribution in [0.5, 0.6) is 0 Å². The molecule has 5 fully saturated rings. The van der Waals surface area contributed by atoms with Gasteiger partial charge in [0, 0.05) is 5.41 Å². The van der Waals surface area contributed by atoms with E-state index in [1.165, 1.54) is 76.5 Å². The second kappa shape index (κ2) is 5.13. The van der Waals surface area contributed by atoms with Gasteiger partial charge < -0.3 is 0 Å². The molecule has 4 saturated carbocycles. The van der Waals surface area contributed by atoms with Gasteiger partial charge >= 0.3 is 0 Å². The van der Waals surface area contributed by atoms with E-state index in [0.717, 1.165) is 36.2 Å². The van der Waals surface area contributed by atoms with Gasteiger partial charge in [-0.2, -0.15) is 0 Å². The van der Waals surface area contributed by atoms with Gasteiger partial charge in [0.05, 0.1) is 6.61 Å². The van der Waals surface area contributed by atoms with Crippen LogP contribution in [0.1, 0.15) is 71.1 Å². The lowest BCUT2D eigenvalue weighted by molar-refractivity contribution is -0.108. The topological polar surface area (TPSA) is 18.5 Å². The summed E-state index contributed by atoms with van der Waals surface area (Å²) >= 11 is 1.27. The Balaban J connectivity index is 1.44. The van der Waals surface area contributed by atoms with Crippen molar-refractivity contribution in [3.63, 3.8) is 0 Å². The second-order valence-corrected chi connectivity index (χ2v) is 9.66. The maximum atomic E-state index is 6.15. The minimum Gasteiger partial charge on any atom is -0.288 e. The summed E-state index contributed by atoms with van der Waals surface area (Å²) in [6.45, 7) is 3.37. The Morgan fingerprint density at radius 1 is 0.864 bits per heavy atom. The summed E-state index contributed by atoms with van der Waals surface area (Å²) < 4.78 is 11.8. The van der Waals surface area contributed by atoms with Crippen LogP contribution in [0.3, 0.4) is 0 Å². The van der Waals surface area contributed by atoms with Crippen LogP contribution >= 0.6 is 12.3 Å². The molecule has 0 aromatic carbocycles. The Morgan fingerprint density at radius 2 is 1.77 bits per heavy atom. The van der Waals surface area contributed by atoms with Gasteiger partial charge in [0.25, 0.3) is 0 Å². The SMILES string of the molecule is C[C@]12CC[C@H]3[C@@H](CCC4CCCC[C@@H]43)[C@@H]1CCC21COSO1. The average molecular weight is 323 g/mol. The van der Waals surface area contributed by atoms with Gasteiger partial charge in [-0.05, 0) is 74.5 Å². The molecule has 2 nitrogen and oxygen atoms in total. The molecule has 4 aliphatic carbocycles. The van der Waals surface area contributed by atoms with Gasteiger partial charge in [-0.1, -0.05) is 26.2 Å². The number of hydrogen-bond acceptors (Lipinski definition) is 3. The Hall–Kier alpha value is 0.270. The van der Waals surface area contributed by atoms with E-state index in [9.17, 15) is 0 Å². The van der Waals surface area contributed by atoms with E-state index in [1.807, 2.05) is 0 Å². The Bertz CT molecular complexity index is 447. The predicted octanol–water partition coefficient (Wildman–Crippen LogP) is 5.38. The lowest BCUT2D eigenvalue weighted by Crippen LogP contribution is -2.54. The molecular weight excluding hydrogens is 292 g/mol. The van der Waals surface area contributed by atoms with Gasteiger partial charge in [-0.3, -0.25) is 8.37 Å². The van der Waals surface area contributed by atoms with Crippen molar-refractivity contribution in [2.24, 2.45) is 35.0 Å². The lowest BCUT2D eigenvalue weighted by atomic mass is 9.49. The van der Waals surface area contributed by atoms with Crippen LogP contribution in [0.2, 0.25) is 0 Å². The minimum atomic E-state index is 0.0384. The summed E-state index contributed by atoms with van der Waals surface area (Å²) in [7, 11) is 0. The van der Waals surface area contributed by atoms with Crippen molar-refractivity contribution in [3.8, 4) is 0 Å². The zero-order valence-corrected chi connectivity index (χ0v) is 14.7. The first kappa shape index (κ1) is 14.6. The van der Waals surface area contributed by atoms with E-state index < -0.39 is 0 Å². The fraction of sp³-hybridized carbons (Fsp3) is 1.00. The Morgan fingerprint density at radius 3 is 2.64 bits per heavy atom. The third-order valence-electron chi connectivity index (χ3n) is 8.70. The molecule has 22 heavy (non-hydrogen) atoms. The van der Waals surface area contributed by atoms with Crippen LogP contribution in [0, 0.1) is 35.0 Å². The summed E-state index contributed by atoms with van der Waals surface area (Å²) in [6.07, 6.45) is 14.6. The van der Waals surface area contributed by atoms with Gasteiger partial charge in [-0.25, -0.2) is 0 Å². The van der Waals surface area contributed by atoms with Crippen LogP contribution < -0.4 is 0 Å². The van der Waals surface area contributed by atoms with E-state index in [-0.39, 0.29) is 5.60 Å². The highest BCUT2D eigenvalue weighted by atomic mass is 32.2. The summed E-state index contributed by atoms with van der Waals surface area (Å²) in [4.78, 5) is 0. The van der Waals surface area contributed by atoms with Crippen LogP contribution in [0.15, 0.2) is 0 Å². The number of hydrogen-bond donors (Lipinski definition) is 0. The van der Waals surface area contributed by atoms with Crippen LogP contribution in [-0.4, -0.2) is 12.2 Å². The van der Waals surface area contributed by atoms with Gasteiger partial charge in [-0.15, -0.1) is 0 Å². The molecule has 7 atom stereocenters. The standard InChI is InChI=1S/C19H30O2S/c1-18-10-8-15-14-5-3-2-4-13(14)6-7-16(15)17(18)9-11-19(18)12-20-22-21-19/h13-17H,2-12H2,1H3/t13?,14-,15+,16+,17-,18-,19?/m0/s1. The van der Waals surface area contributed by atoms with Crippen molar-refractivity contribution >= 4 is 12.3 Å². The molecule has 0 bridgehead atoms. The van der Waals surface area contributed by atoms with Crippen molar-refractivity contribution in [1.29, 1.82) is 0 Å². The first-order valence-corrected chi connectivity index (χ1v) is 10.4. The Labute approximate surface area is 139 Å². The van der Waals surface area contributed by atoms with Crippen molar-refractivity contribution < 1.29 is 8.37 Å². The first-order chi connectivity index (χ1) is 10.7. The summed E-state index contributed by atoms with van der Waals surface area (Å²) in [6, 6.07) is 0. The zero-order valence-electron chi connectivity index (χ0n) is 13.9. The summed E-state index contributed by atoms with van der Waals surface area (Å²) in [5.41, 5.74) is 0.413. The largest absolute Gasteiger partial charge is 0.288 e. The molecule has 5 aliphatic rings. The third kappa shape index (κ3) is 1.82. The molecule has 1 aliphatic heterocycles. The highest BCUT2D eigenvalue weighted by Crippen LogP contribution is 2.67. The third-order valence-corrected chi connectivity index (χ3v) is 9.31. The van der Waals surface area contributed by atoms with E-state index in [1.54, 1.807) is 0 Å². The quantitative estimate of drug-likeness (QED) is 0.558. The van der Waals surface area contributed by atoms with Crippen LogP contribution in [-0.2, 0) is 8.37 Å². The lowest BCUT2D eigenvalue weighted by Gasteiger charge is -2.56. The minimum absolute atomic E-state index is 0.0384. The molecule has 3 heteroatoms. The highest BCUT2D eigenvalue weighted by molar-refractivity contribution is 7.90. The maximum Gasteiger partial charge on any atom is 0.159 e. The molecule has 2 unspecified atom stereocenters. The molecule has 0 radical (unpaired) electrons. The molecule has 124 valence electrons. The summed E-state index contributed by atoms with van der Waals surface area (Å²) in [5.74, 6) is 5.09. The van der Waals surface area contributed by atoms with Crippen LogP contribution in [0.25, 0.3) is 0 Å². The van der Waals surface area contributed by atoms with E-state index in [0.29, 0.717) is 5.41 Å². The predicted molar refractivity (Wildman–Crippen MR) is 89.1 cm³/mol. The summed E-state index contributed by atoms with van der Waals surface area (Å²) in [5, 5.41) is 0. The molecule has 0 N–H and O–H groups in total. The Kier molecular flexibility index (Phi) is 3.41. The van der Waals surface area contributed by atoms with E-state index >= 15 is 0 Å². The van der Waals surface area contributed by atoms with Gasteiger partial charge in [0.2, 0.25) is 0 Å². The molecular formula is C19H30O2S. The smallest absolute Gasteiger partial charge is 0.159 e. The molecule has 1 saturated heterocycles. The molecule has 1 heterocycles. The van der Waals surface area contributed by atoms with Crippen LogP contribution in [0.4, 0.5) is 0 Å². The molecule has 1 spiro atoms. The first-order valence-electron chi connectivity index (χ1n) is 9.71. The van der Waals surface area contributed by atoms with Gasteiger partial charge in [0.1, 0.15) is 5.60 Å². The fourth-order valence-corrected chi connectivity index (χ4v) is 8.27. The molecule has 0 aromatic heterocycles. The average Bonchev–Trinajstić information content (AvgIpc) is 3.14. The van der Waals surface area contributed by atoms with E-state index in [4.69, 9.17) is 8.37 Å². The normalized spacial score (nSPS) is 57.4. The van der Waals surface area contributed by atoms with Gasteiger partial charge in [0.15, 0.2) is 12.3 Å².